The fourth-order valence-electron chi connectivity index (χ4n) is 3.07. The zero-order valence-corrected chi connectivity index (χ0v) is 15.7. The second kappa shape index (κ2) is 7.12. The Balaban J connectivity index is 1.46. The van der Waals surface area contributed by atoms with Gasteiger partial charge in [0.25, 0.3) is 0 Å². The van der Waals surface area contributed by atoms with Crippen LogP contribution in [0.3, 0.4) is 0 Å². The van der Waals surface area contributed by atoms with Crippen LogP contribution in [-0.2, 0) is 10.0 Å². The second-order valence-electron chi connectivity index (χ2n) is 6.12. The molecule has 4 rings (SSSR count). The van der Waals surface area contributed by atoms with Gasteiger partial charge in [-0.25, -0.2) is 8.42 Å². The van der Waals surface area contributed by atoms with Gasteiger partial charge in [0.2, 0.25) is 10.0 Å². The first-order chi connectivity index (χ1) is 13.1. The monoisotopic (exact) mass is 388 g/mol. The lowest BCUT2D eigenvalue weighted by Gasteiger charge is -2.34. The summed E-state index contributed by atoms with van der Waals surface area (Å²) in [5, 5.41) is 12.2. The largest absolute Gasteiger partial charge is 0.494 e. The average molecular weight is 388 g/mol. The fourth-order valence-corrected chi connectivity index (χ4v) is 4.49. The highest BCUT2D eigenvalue weighted by Crippen LogP contribution is 2.22. The molecule has 3 heterocycles. The third kappa shape index (κ3) is 3.45. The van der Waals surface area contributed by atoms with Crippen molar-refractivity contribution in [3.8, 4) is 5.75 Å². The normalized spacial score (nSPS) is 16.0. The van der Waals surface area contributed by atoms with Crippen molar-refractivity contribution in [2.45, 2.75) is 11.8 Å². The van der Waals surface area contributed by atoms with Crippen LogP contribution < -0.4 is 9.64 Å². The maximum atomic E-state index is 12.9. The molecule has 1 fully saturated rings. The van der Waals surface area contributed by atoms with Gasteiger partial charge >= 0.3 is 0 Å². The molecular formula is C17H20N6O3S. The van der Waals surface area contributed by atoms with Gasteiger partial charge in [-0.1, -0.05) is 0 Å². The first kappa shape index (κ1) is 17.7. The van der Waals surface area contributed by atoms with Crippen LogP contribution in [0.25, 0.3) is 5.65 Å². The molecule has 0 aliphatic carbocycles. The van der Waals surface area contributed by atoms with Gasteiger partial charge in [0.1, 0.15) is 17.9 Å². The van der Waals surface area contributed by atoms with Gasteiger partial charge in [0.05, 0.1) is 11.5 Å². The van der Waals surface area contributed by atoms with Crippen molar-refractivity contribution in [1.82, 2.24) is 24.1 Å². The van der Waals surface area contributed by atoms with E-state index in [-0.39, 0.29) is 4.90 Å². The average Bonchev–Trinajstić information content (AvgIpc) is 3.17. The quantitative estimate of drug-likeness (QED) is 0.644. The molecule has 0 bridgehead atoms. The summed E-state index contributed by atoms with van der Waals surface area (Å²) in [6.07, 6.45) is 1.55. The molecule has 1 saturated heterocycles. The third-order valence-corrected chi connectivity index (χ3v) is 6.40. The number of sulfonamides is 1. The maximum absolute atomic E-state index is 12.9. The van der Waals surface area contributed by atoms with Gasteiger partial charge in [0.15, 0.2) is 5.65 Å². The molecule has 10 heteroatoms. The zero-order valence-electron chi connectivity index (χ0n) is 14.9. The molecular weight excluding hydrogens is 368 g/mol. The summed E-state index contributed by atoms with van der Waals surface area (Å²) in [5.41, 5.74) is 0.676. The van der Waals surface area contributed by atoms with E-state index in [9.17, 15) is 8.42 Å². The van der Waals surface area contributed by atoms with E-state index in [1.54, 1.807) is 35.1 Å². The van der Waals surface area contributed by atoms with Crippen LogP contribution in [0.1, 0.15) is 6.92 Å². The topological polar surface area (TPSA) is 92.9 Å². The lowest BCUT2D eigenvalue weighted by molar-refractivity contribution is 0.340. The molecule has 1 aromatic carbocycles. The van der Waals surface area contributed by atoms with Gasteiger partial charge in [-0.3, -0.25) is 0 Å². The number of nitrogens with zero attached hydrogens (tertiary/aromatic N) is 6. The Bertz CT molecular complexity index is 1030. The van der Waals surface area contributed by atoms with Crippen LogP contribution in [-0.4, -0.2) is 65.3 Å². The van der Waals surface area contributed by atoms with Gasteiger partial charge < -0.3 is 9.64 Å². The van der Waals surface area contributed by atoms with Crippen LogP contribution in [0.5, 0.6) is 5.75 Å². The van der Waals surface area contributed by atoms with Crippen molar-refractivity contribution in [2.24, 2.45) is 0 Å². The molecule has 0 saturated carbocycles. The van der Waals surface area contributed by atoms with Crippen LogP contribution in [0.15, 0.2) is 47.6 Å². The molecule has 9 nitrogen and oxygen atoms in total. The summed E-state index contributed by atoms with van der Waals surface area (Å²) in [7, 11) is -3.52. The standard InChI is InChI=1S/C17H20N6O3S/c1-2-26-14-3-5-15(6-4-14)27(24,25)22-11-9-21(10-12-22)17-8-7-16-19-18-13-23(16)20-17/h3-8,13H,2,9-12H2,1H3. The molecule has 0 amide bonds. The van der Waals surface area contributed by atoms with Crippen molar-refractivity contribution in [2.75, 3.05) is 37.7 Å². The summed E-state index contributed by atoms with van der Waals surface area (Å²) in [6, 6.07) is 10.3. The minimum Gasteiger partial charge on any atom is -0.494 e. The van der Waals surface area contributed by atoms with Gasteiger partial charge in [0, 0.05) is 26.2 Å². The molecule has 0 atom stereocenters. The summed E-state index contributed by atoms with van der Waals surface area (Å²) in [5.74, 6) is 1.44. The van der Waals surface area contributed by atoms with E-state index < -0.39 is 10.0 Å². The SMILES string of the molecule is CCOc1ccc(S(=O)(=O)N2CCN(c3ccc4nncn4n3)CC2)cc1. The molecule has 0 radical (unpaired) electrons. The molecule has 1 aliphatic rings. The van der Waals surface area contributed by atoms with Gasteiger partial charge in [-0.2, -0.15) is 8.82 Å². The van der Waals surface area contributed by atoms with Crippen molar-refractivity contribution in [3.63, 3.8) is 0 Å². The number of hydrogen-bond acceptors (Lipinski definition) is 7. The predicted molar refractivity (Wildman–Crippen MR) is 99.4 cm³/mol. The van der Waals surface area contributed by atoms with Crippen LogP contribution in [0, 0.1) is 0 Å². The Hall–Kier alpha value is -2.72. The smallest absolute Gasteiger partial charge is 0.243 e. The van der Waals surface area contributed by atoms with Crippen LogP contribution in [0.2, 0.25) is 0 Å². The number of anilines is 1. The number of rotatable bonds is 5. The van der Waals surface area contributed by atoms with Crippen molar-refractivity contribution >= 4 is 21.5 Å². The van der Waals surface area contributed by atoms with Crippen molar-refractivity contribution in [3.05, 3.63) is 42.7 Å². The van der Waals surface area contributed by atoms with Crippen molar-refractivity contribution < 1.29 is 13.2 Å². The lowest BCUT2D eigenvalue weighted by atomic mass is 10.3. The summed E-state index contributed by atoms with van der Waals surface area (Å²) < 4.78 is 34.2. The highest BCUT2D eigenvalue weighted by Gasteiger charge is 2.29. The number of aromatic nitrogens is 4. The lowest BCUT2D eigenvalue weighted by Crippen LogP contribution is -2.49. The zero-order chi connectivity index (χ0) is 18.9. The Kier molecular flexibility index (Phi) is 4.66. The first-order valence-electron chi connectivity index (χ1n) is 8.73. The summed E-state index contributed by atoms with van der Waals surface area (Å²) >= 11 is 0. The molecule has 0 spiro atoms. The van der Waals surface area contributed by atoms with E-state index in [2.05, 4.69) is 20.2 Å². The summed E-state index contributed by atoms with van der Waals surface area (Å²) in [6.45, 7) is 4.37. The van der Waals surface area contributed by atoms with Gasteiger partial charge in [-0.05, 0) is 43.3 Å². The van der Waals surface area contributed by atoms with E-state index >= 15 is 0 Å². The molecule has 0 N–H and O–H groups in total. The number of fused-ring (bicyclic) bond motifs is 1. The van der Waals surface area contributed by atoms with Gasteiger partial charge in [-0.15, -0.1) is 15.3 Å². The van der Waals surface area contributed by atoms with E-state index in [1.165, 1.54) is 4.31 Å². The minimum absolute atomic E-state index is 0.281. The Morgan fingerprint density at radius 2 is 1.78 bits per heavy atom. The molecule has 0 unspecified atom stereocenters. The van der Waals surface area contributed by atoms with E-state index in [0.29, 0.717) is 44.2 Å². The molecule has 2 aromatic heterocycles. The molecule has 3 aromatic rings. The maximum Gasteiger partial charge on any atom is 0.243 e. The Labute approximate surface area is 157 Å². The molecule has 142 valence electrons. The Morgan fingerprint density at radius 1 is 1.04 bits per heavy atom. The first-order valence-corrected chi connectivity index (χ1v) is 10.2. The highest BCUT2D eigenvalue weighted by atomic mass is 32.2. The van der Waals surface area contributed by atoms with E-state index in [0.717, 1.165) is 5.82 Å². The third-order valence-electron chi connectivity index (χ3n) is 4.48. The predicted octanol–water partition coefficient (Wildman–Crippen LogP) is 1.03. The molecule has 1 aliphatic heterocycles. The second-order valence-corrected chi connectivity index (χ2v) is 8.06. The van der Waals surface area contributed by atoms with Crippen molar-refractivity contribution in [1.29, 1.82) is 0 Å². The molecule has 27 heavy (non-hydrogen) atoms. The van der Waals surface area contributed by atoms with E-state index in [4.69, 9.17) is 4.74 Å². The summed E-state index contributed by atoms with van der Waals surface area (Å²) in [4.78, 5) is 2.34. The van der Waals surface area contributed by atoms with E-state index in [1.807, 2.05) is 19.1 Å². The van der Waals surface area contributed by atoms with Crippen LogP contribution >= 0.6 is 0 Å². The Morgan fingerprint density at radius 3 is 2.48 bits per heavy atom. The highest BCUT2D eigenvalue weighted by molar-refractivity contribution is 7.89. The number of hydrogen-bond donors (Lipinski definition) is 0. The number of benzene rings is 1. The number of ether oxygens (including phenoxy) is 1. The number of piperazine rings is 1. The minimum atomic E-state index is -3.52. The fraction of sp³-hybridized carbons (Fsp3) is 0.353. The van der Waals surface area contributed by atoms with Crippen LogP contribution in [0.4, 0.5) is 5.82 Å².